The molecule has 0 N–H and O–H groups in total. The zero-order valence-electron chi connectivity index (χ0n) is 12.2. The zero-order valence-corrected chi connectivity index (χ0v) is 12.2. The van der Waals surface area contributed by atoms with E-state index in [1.54, 1.807) is 23.4 Å². The van der Waals surface area contributed by atoms with Crippen LogP contribution in [0.1, 0.15) is 27.2 Å². The summed E-state index contributed by atoms with van der Waals surface area (Å²) in [6.45, 7) is 7.49. The first-order chi connectivity index (χ1) is 9.44. The van der Waals surface area contributed by atoms with E-state index in [1.165, 1.54) is 0 Å². The quantitative estimate of drug-likeness (QED) is 0.848. The van der Waals surface area contributed by atoms with Gasteiger partial charge < -0.3 is 14.4 Å². The minimum atomic E-state index is -0.455. The lowest BCUT2D eigenvalue weighted by Gasteiger charge is -2.24. The molecule has 2 heterocycles. The molecule has 1 atom stereocenters. The third kappa shape index (κ3) is 4.36. The predicted molar refractivity (Wildman–Crippen MR) is 73.4 cm³/mol. The van der Waals surface area contributed by atoms with Crippen LogP contribution in [0, 0.1) is 5.92 Å². The van der Waals surface area contributed by atoms with Gasteiger partial charge in [0.15, 0.2) is 0 Å². The number of nitrogens with zero attached hydrogens (tertiary/aromatic N) is 3. The van der Waals surface area contributed by atoms with E-state index in [1.807, 2.05) is 20.8 Å². The molecule has 1 aliphatic rings. The van der Waals surface area contributed by atoms with Gasteiger partial charge in [0, 0.05) is 31.4 Å². The highest BCUT2D eigenvalue weighted by atomic mass is 16.6. The van der Waals surface area contributed by atoms with Crippen molar-refractivity contribution in [3.05, 3.63) is 18.5 Å². The molecule has 0 aromatic carbocycles. The van der Waals surface area contributed by atoms with Crippen LogP contribution >= 0.6 is 0 Å². The Labute approximate surface area is 119 Å². The topological polar surface area (TPSA) is 64.5 Å². The van der Waals surface area contributed by atoms with E-state index in [9.17, 15) is 4.79 Å². The minimum absolute atomic E-state index is 0.254. The van der Waals surface area contributed by atoms with Crippen molar-refractivity contribution >= 4 is 6.09 Å². The lowest BCUT2D eigenvalue weighted by atomic mass is 10.1. The van der Waals surface area contributed by atoms with Crippen LogP contribution in [0.5, 0.6) is 6.01 Å². The second kappa shape index (κ2) is 6.07. The van der Waals surface area contributed by atoms with Crippen LogP contribution in [0.3, 0.4) is 0 Å². The van der Waals surface area contributed by atoms with Gasteiger partial charge in [-0.2, -0.15) is 0 Å². The fourth-order valence-corrected chi connectivity index (χ4v) is 2.01. The molecule has 0 saturated carbocycles. The van der Waals surface area contributed by atoms with Crippen molar-refractivity contribution in [1.82, 2.24) is 14.9 Å². The summed E-state index contributed by atoms with van der Waals surface area (Å²) in [4.78, 5) is 21.7. The first-order valence-corrected chi connectivity index (χ1v) is 6.82. The molecule has 0 spiro atoms. The number of likely N-dealkylation sites (tertiary alicyclic amines) is 1. The van der Waals surface area contributed by atoms with Gasteiger partial charge in [0.05, 0.1) is 6.61 Å². The Bertz CT molecular complexity index is 445. The van der Waals surface area contributed by atoms with E-state index in [-0.39, 0.29) is 6.09 Å². The number of ether oxygens (including phenoxy) is 2. The molecule has 6 heteroatoms. The summed E-state index contributed by atoms with van der Waals surface area (Å²) < 4.78 is 10.9. The molecule has 0 unspecified atom stereocenters. The first-order valence-electron chi connectivity index (χ1n) is 6.82. The highest BCUT2D eigenvalue weighted by Gasteiger charge is 2.30. The highest BCUT2D eigenvalue weighted by molar-refractivity contribution is 5.68. The molecule has 0 bridgehead atoms. The lowest BCUT2D eigenvalue weighted by molar-refractivity contribution is 0.0284. The fraction of sp³-hybridized carbons (Fsp3) is 0.643. The third-order valence-electron chi connectivity index (χ3n) is 2.93. The van der Waals surface area contributed by atoms with Crippen LogP contribution in [0.2, 0.25) is 0 Å². The third-order valence-corrected chi connectivity index (χ3v) is 2.93. The summed E-state index contributed by atoms with van der Waals surface area (Å²) >= 11 is 0. The second-order valence-corrected chi connectivity index (χ2v) is 5.92. The van der Waals surface area contributed by atoms with Crippen molar-refractivity contribution in [2.24, 2.45) is 5.92 Å². The Balaban J connectivity index is 1.76. The summed E-state index contributed by atoms with van der Waals surface area (Å²) in [5.74, 6) is 0.298. The van der Waals surface area contributed by atoms with Gasteiger partial charge in [-0.05, 0) is 33.3 Å². The smallest absolute Gasteiger partial charge is 0.410 e. The van der Waals surface area contributed by atoms with Crippen LogP contribution in [0.25, 0.3) is 0 Å². The number of carbonyl (C=O) groups excluding carboxylic acids is 1. The Morgan fingerprint density at radius 1 is 1.40 bits per heavy atom. The number of hydrogen-bond donors (Lipinski definition) is 0. The predicted octanol–water partition coefficient (Wildman–Crippen LogP) is 2.11. The highest BCUT2D eigenvalue weighted by Crippen LogP contribution is 2.20. The molecule has 1 fully saturated rings. The first kappa shape index (κ1) is 14.6. The van der Waals surface area contributed by atoms with Gasteiger partial charge in [0.1, 0.15) is 5.60 Å². The molecular weight excluding hydrogens is 258 g/mol. The number of carbonyl (C=O) groups is 1. The summed E-state index contributed by atoms with van der Waals surface area (Å²) in [6.07, 6.45) is 3.94. The van der Waals surface area contributed by atoms with Gasteiger partial charge in [0.2, 0.25) is 0 Å². The van der Waals surface area contributed by atoms with E-state index in [4.69, 9.17) is 9.47 Å². The average Bonchev–Trinajstić information content (AvgIpc) is 2.84. The monoisotopic (exact) mass is 279 g/mol. The van der Waals surface area contributed by atoms with Crippen molar-refractivity contribution in [2.75, 3.05) is 19.7 Å². The molecule has 110 valence electrons. The summed E-state index contributed by atoms with van der Waals surface area (Å²) in [5, 5.41) is 0. The summed E-state index contributed by atoms with van der Waals surface area (Å²) in [6, 6.07) is 2.12. The lowest BCUT2D eigenvalue weighted by Crippen LogP contribution is -2.35. The maximum Gasteiger partial charge on any atom is 0.410 e. The SMILES string of the molecule is CC(C)(C)OC(=O)N1CC[C@H](COc2ncccn2)C1. The van der Waals surface area contributed by atoms with Crippen molar-refractivity contribution in [3.63, 3.8) is 0 Å². The molecule has 20 heavy (non-hydrogen) atoms. The molecule has 2 rings (SSSR count). The van der Waals surface area contributed by atoms with Gasteiger partial charge in [0.25, 0.3) is 0 Å². The minimum Gasteiger partial charge on any atom is -0.463 e. The Hall–Kier alpha value is -1.85. The summed E-state index contributed by atoms with van der Waals surface area (Å²) in [7, 11) is 0. The molecular formula is C14H21N3O3. The van der Waals surface area contributed by atoms with Gasteiger partial charge in [-0.15, -0.1) is 0 Å². The van der Waals surface area contributed by atoms with Crippen molar-refractivity contribution in [2.45, 2.75) is 32.8 Å². The fourth-order valence-electron chi connectivity index (χ4n) is 2.01. The van der Waals surface area contributed by atoms with Crippen LogP contribution in [-0.4, -0.2) is 46.3 Å². The Kier molecular flexibility index (Phi) is 4.42. The maximum absolute atomic E-state index is 11.9. The average molecular weight is 279 g/mol. The van der Waals surface area contributed by atoms with Crippen LogP contribution < -0.4 is 4.74 Å². The van der Waals surface area contributed by atoms with E-state index in [0.717, 1.165) is 6.42 Å². The maximum atomic E-state index is 11.9. The van der Waals surface area contributed by atoms with Gasteiger partial charge in [-0.3, -0.25) is 0 Å². The normalized spacial score (nSPS) is 18.9. The number of hydrogen-bond acceptors (Lipinski definition) is 5. The Morgan fingerprint density at radius 3 is 2.75 bits per heavy atom. The molecule has 0 radical (unpaired) electrons. The molecule has 6 nitrogen and oxygen atoms in total. The van der Waals surface area contributed by atoms with Crippen LogP contribution in [-0.2, 0) is 4.74 Å². The van der Waals surface area contributed by atoms with Gasteiger partial charge >= 0.3 is 12.1 Å². The van der Waals surface area contributed by atoms with Crippen molar-refractivity contribution in [1.29, 1.82) is 0 Å². The molecule has 1 amide bonds. The number of aromatic nitrogens is 2. The van der Waals surface area contributed by atoms with Crippen LogP contribution in [0.15, 0.2) is 18.5 Å². The zero-order chi connectivity index (χ0) is 14.6. The molecule has 1 aliphatic heterocycles. The van der Waals surface area contributed by atoms with E-state index in [2.05, 4.69) is 9.97 Å². The summed E-state index contributed by atoms with van der Waals surface area (Å²) in [5.41, 5.74) is -0.455. The molecule has 1 aromatic heterocycles. The van der Waals surface area contributed by atoms with E-state index >= 15 is 0 Å². The number of rotatable bonds is 3. The standard InChI is InChI=1S/C14H21N3O3/c1-14(2,3)20-13(18)17-8-5-11(9-17)10-19-12-15-6-4-7-16-12/h4,6-7,11H,5,8-10H2,1-3H3/t11-/m0/s1. The molecule has 1 saturated heterocycles. The van der Waals surface area contributed by atoms with E-state index in [0.29, 0.717) is 31.6 Å². The van der Waals surface area contributed by atoms with Gasteiger partial charge in [-0.25, -0.2) is 14.8 Å². The van der Waals surface area contributed by atoms with Crippen molar-refractivity contribution < 1.29 is 14.3 Å². The number of amides is 1. The second-order valence-electron chi connectivity index (χ2n) is 5.92. The van der Waals surface area contributed by atoms with Gasteiger partial charge in [-0.1, -0.05) is 0 Å². The largest absolute Gasteiger partial charge is 0.463 e. The molecule has 0 aliphatic carbocycles. The van der Waals surface area contributed by atoms with Crippen LogP contribution in [0.4, 0.5) is 4.79 Å². The Morgan fingerprint density at radius 2 is 2.10 bits per heavy atom. The van der Waals surface area contributed by atoms with E-state index < -0.39 is 5.60 Å². The van der Waals surface area contributed by atoms with Crippen molar-refractivity contribution in [3.8, 4) is 6.01 Å². The molecule has 1 aromatic rings.